The molecule has 0 unspecified atom stereocenters. The van der Waals surface area contributed by atoms with Crippen molar-refractivity contribution in [2.24, 2.45) is 5.92 Å². The first-order chi connectivity index (χ1) is 15.9. The standard InChI is InChI=1S/C25H31ClN4O3/c1-3-4-23(31)28-20-9-10-21(26)22(15-20)29-24(32)16-27-19-7-5-18(6-8-19)25(33)30-13-11-17(2)12-14-30/h5-10,15,17,27H,3-4,11-14,16H2,1-2H3,(H,28,31)(H,29,32). The molecule has 1 fully saturated rings. The summed E-state index contributed by atoms with van der Waals surface area (Å²) >= 11 is 6.19. The zero-order chi connectivity index (χ0) is 23.8. The minimum atomic E-state index is -0.281. The van der Waals surface area contributed by atoms with E-state index < -0.39 is 0 Å². The summed E-state index contributed by atoms with van der Waals surface area (Å²) in [5, 5.41) is 8.97. The maximum Gasteiger partial charge on any atom is 0.253 e. The first kappa shape index (κ1) is 24.6. The highest BCUT2D eigenvalue weighted by Gasteiger charge is 2.21. The molecular formula is C25H31ClN4O3. The Morgan fingerprint density at radius 3 is 2.30 bits per heavy atom. The first-order valence-electron chi connectivity index (χ1n) is 11.4. The molecule has 1 aliphatic rings. The molecular weight excluding hydrogens is 440 g/mol. The number of carbonyl (C=O) groups is 3. The van der Waals surface area contributed by atoms with E-state index in [1.807, 2.05) is 11.8 Å². The second-order valence-corrected chi connectivity index (χ2v) is 8.85. The number of piperidine rings is 1. The highest BCUT2D eigenvalue weighted by Crippen LogP contribution is 2.26. The molecule has 3 rings (SSSR count). The van der Waals surface area contributed by atoms with Crippen LogP contribution in [-0.2, 0) is 9.59 Å². The van der Waals surface area contributed by atoms with Gasteiger partial charge >= 0.3 is 0 Å². The van der Waals surface area contributed by atoms with Crippen LogP contribution >= 0.6 is 11.6 Å². The van der Waals surface area contributed by atoms with Gasteiger partial charge in [-0.1, -0.05) is 25.4 Å². The number of carbonyl (C=O) groups excluding carboxylic acids is 3. The summed E-state index contributed by atoms with van der Waals surface area (Å²) in [6.45, 7) is 5.77. The largest absolute Gasteiger partial charge is 0.376 e. The van der Waals surface area contributed by atoms with E-state index in [1.54, 1.807) is 42.5 Å². The average molecular weight is 471 g/mol. The van der Waals surface area contributed by atoms with Gasteiger partial charge in [-0.2, -0.15) is 0 Å². The molecule has 0 aliphatic carbocycles. The highest BCUT2D eigenvalue weighted by atomic mass is 35.5. The monoisotopic (exact) mass is 470 g/mol. The molecule has 0 aromatic heterocycles. The summed E-state index contributed by atoms with van der Waals surface area (Å²) in [6, 6.07) is 12.1. The van der Waals surface area contributed by atoms with Crippen molar-refractivity contribution in [1.29, 1.82) is 0 Å². The van der Waals surface area contributed by atoms with Gasteiger partial charge in [-0.05, 0) is 67.6 Å². The third-order valence-electron chi connectivity index (χ3n) is 5.66. The van der Waals surface area contributed by atoms with E-state index in [2.05, 4.69) is 22.9 Å². The zero-order valence-electron chi connectivity index (χ0n) is 19.1. The minimum Gasteiger partial charge on any atom is -0.376 e. The van der Waals surface area contributed by atoms with Gasteiger partial charge in [0.1, 0.15) is 0 Å². The van der Waals surface area contributed by atoms with Crippen molar-refractivity contribution in [3.05, 3.63) is 53.1 Å². The first-order valence-corrected chi connectivity index (χ1v) is 11.8. The Kier molecular flexibility index (Phi) is 8.72. The highest BCUT2D eigenvalue weighted by molar-refractivity contribution is 6.33. The lowest BCUT2D eigenvalue weighted by Gasteiger charge is -2.30. The van der Waals surface area contributed by atoms with Crippen LogP contribution in [-0.4, -0.2) is 42.3 Å². The van der Waals surface area contributed by atoms with Crippen LogP contribution in [0.5, 0.6) is 0 Å². The van der Waals surface area contributed by atoms with Crippen molar-refractivity contribution in [2.45, 2.75) is 39.5 Å². The van der Waals surface area contributed by atoms with Gasteiger partial charge in [0.05, 0.1) is 17.3 Å². The topological polar surface area (TPSA) is 90.5 Å². The quantitative estimate of drug-likeness (QED) is 0.506. The van der Waals surface area contributed by atoms with Crippen LogP contribution in [0.2, 0.25) is 5.02 Å². The molecule has 8 heteroatoms. The Hall–Kier alpha value is -3.06. The number of amides is 3. The lowest BCUT2D eigenvalue weighted by Crippen LogP contribution is -2.37. The number of likely N-dealkylation sites (tertiary alicyclic amines) is 1. The molecule has 2 aromatic carbocycles. The maximum absolute atomic E-state index is 12.7. The van der Waals surface area contributed by atoms with Gasteiger partial charge in [-0.25, -0.2) is 0 Å². The summed E-state index contributed by atoms with van der Waals surface area (Å²) in [5.41, 5.74) is 2.38. The van der Waals surface area contributed by atoms with Crippen LogP contribution in [0.1, 0.15) is 49.9 Å². The number of anilines is 3. The smallest absolute Gasteiger partial charge is 0.253 e. The van der Waals surface area contributed by atoms with Gasteiger partial charge in [0.2, 0.25) is 11.8 Å². The molecule has 2 aromatic rings. The number of benzene rings is 2. The maximum atomic E-state index is 12.7. The van der Waals surface area contributed by atoms with Crippen LogP contribution in [0.15, 0.2) is 42.5 Å². The Morgan fingerprint density at radius 2 is 1.64 bits per heavy atom. The molecule has 0 saturated carbocycles. The van der Waals surface area contributed by atoms with E-state index in [0.29, 0.717) is 34.3 Å². The molecule has 0 radical (unpaired) electrons. The fourth-order valence-corrected chi connectivity index (χ4v) is 3.82. The Labute approximate surface area is 199 Å². The van der Waals surface area contributed by atoms with Crippen molar-refractivity contribution >= 4 is 46.4 Å². The predicted octanol–water partition coefficient (Wildman–Crippen LogP) is 5.00. The average Bonchev–Trinajstić information content (AvgIpc) is 2.80. The van der Waals surface area contributed by atoms with Gasteiger partial charge in [0.25, 0.3) is 5.91 Å². The summed E-state index contributed by atoms with van der Waals surface area (Å²) in [7, 11) is 0. The minimum absolute atomic E-state index is 0.0278. The van der Waals surface area contributed by atoms with E-state index in [-0.39, 0.29) is 24.3 Å². The molecule has 3 N–H and O–H groups in total. The van der Waals surface area contributed by atoms with E-state index in [9.17, 15) is 14.4 Å². The Bertz CT molecular complexity index is 986. The molecule has 3 amide bonds. The molecule has 33 heavy (non-hydrogen) atoms. The molecule has 1 aliphatic heterocycles. The number of hydrogen-bond acceptors (Lipinski definition) is 4. The van der Waals surface area contributed by atoms with Crippen molar-refractivity contribution < 1.29 is 14.4 Å². The van der Waals surface area contributed by atoms with E-state index in [1.165, 1.54) is 0 Å². The Morgan fingerprint density at radius 1 is 0.970 bits per heavy atom. The summed E-state index contributed by atoms with van der Waals surface area (Å²) in [5.74, 6) is 0.350. The predicted molar refractivity (Wildman–Crippen MR) is 133 cm³/mol. The fourth-order valence-electron chi connectivity index (χ4n) is 3.65. The van der Waals surface area contributed by atoms with Crippen LogP contribution in [0, 0.1) is 5.92 Å². The lowest BCUT2D eigenvalue weighted by molar-refractivity contribution is -0.116. The molecule has 0 atom stereocenters. The summed E-state index contributed by atoms with van der Waals surface area (Å²) in [4.78, 5) is 38.7. The van der Waals surface area contributed by atoms with Gasteiger partial charge in [-0.15, -0.1) is 0 Å². The van der Waals surface area contributed by atoms with Gasteiger partial charge in [0.15, 0.2) is 0 Å². The van der Waals surface area contributed by atoms with Gasteiger partial charge < -0.3 is 20.9 Å². The lowest BCUT2D eigenvalue weighted by atomic mass is 9.98. The van der Waals surface area contributed by atoms with Gasteiger partial charge in [0, 0.05) is 36.4 Å². The Balaban J connectivity index is 1.51. The normalized spacial score (nSPS) is 14.0. The summed E-state index contributed by atoms with van der Waals surface area (Å²) < 4.78 is 0. The number of halogens is 1. The molecule has 0 bridgehead atoms. The van der Waals surface area contributed by atoms with Crippen molar-refractivity contribution in [2.75, 3.05) is 35.6 Å². The van der Waals surface area contributed by atoms with E-state index in [0.717, 1.165) is 38.0 Å². The number of nitrogens with zero attached hydrogens (tertiary/aromatic N) is 1. The second kappa shape index (κ2) is 11.7. The third kappa shape index (κ3) is 7.22. The van der Waals surface area contributed by atoms with E-state index >= 15 is 0 Å². The SMILES string of the molecule is CCCC(=O)Nc1ccc(Cl)c(NC(=O)CNc2ccc(C(=O)N3CCC(C)CC3)cc2)c1. The fraction of sp³-hybridized carbons (Fsp3) is 0.400. The third-order valence-corrected chi connectivity index (χ3v) is 5.99. The zero-order valence-corrected chi connectivity index (χ0v) is 19.9. The molecule has 0 spiro atoms. The second-order valence-electron chi connectivity index (χ2n) is 8.45. The van der Waals surface area contributed by atoms with Crippen molar-refractivity contribution in [1.82, 2.24) is 4.90 Å². The molecule has 7 nitrogen and oxygen atoms in total. The molecule has 1 saturated heterocycles. The van der Waals surface area contributed by atoms with E-state index in [4.69, 9.17) is 11.6 Å². The molecule has 1 heterocycles. The van der Waals surface area contributed by atoms with Crippen molar-refractivity contribution in [3.8, 4) is 0 Å². The molecule has 176 valence electrons. The summed E-state index contributed by atoms with van der Waals surface area (Å²) in [6.07, 6.45) is 3.26. The van der Waals surface area contributed by atoms with Crippen molar-refractivity contribution in [3.63, 3.8) is 0 Å². The van der Waals surface area contributed by atoms with Crippen LogP contribution in [0.25, 0.3) is 0 Å². The van der Waals surface area contributed by atoms with Gasteiger partial charge in [-0.3, -0.25) is 14.4 Å². The van der Waals surface area contributed by atoms with Crippen LogP contribution < -0.4 is 16.0 Å². The van der Waals surface area contributed by atoms with Crippen LogP contribution in [0.3, 0.4) is 0 Å². The number of rotatable bonds is 8. The number of nitrogens with one attached hydrogen (secondary N) is 3. The number of hydrogen-bond donors (Lipinski definition) is 3. The van der Waals surface area contributed by atoms with Crippen LogP contribution in [0.4, 0.5) is 17.1 Å².